The van der Waals surface area contributed by atoms with Crippen molar-refractivity contribution < 1.29 is 19.2 Å². The van der Waals surface area contributed by atoms with Crippen molar-refractivity contribution in [3.05, 3.63) is 52.2 Å². The summed E-state index contributed by atoms with van der Waals surface area (Å²) in [5.41, 5.74) is 1.61. The van der Waals surface area contributed by atoms with Gasteiger partial charge in [-0.15, -0.1) is 11.3 Å². The number of hydrogen-bond acceptors (Lipinski definition) is 6. The van der Waals surface area contributed by atoms with Gasteiger partial charge in [0.1, 0.15) is 12.1 Å². The SMILES string of the molecule is CC(C)CC(NC(=O)c1ccc(N2CCCC2)cc1)C(=O)N1CCC2C1C(=O)CN2C(=O)c1cccs1. The number of fused-ring (bicyclic) bond motifs is 1. The Balaban J connectivity index is 1.28. The lowest BCUT2D eigenvalue weighted by Crippen LogP contribution is -2.53. The monoisotopic (exact) mass is 522 g/mol. The minimum Gasteiger partial charge on any atom is -0.372 e. The summed E-state index contributed by atoms with van der Waals surface area (Å²) in [6, 6.07) is 9.40. The molecule has 2 aromatic rings. The normalized spacial score (nSPS) is 22.0. The summed E-state index contributed by atoms with van der Waals surface area (Å²) in [4.78, 5) is 59.0. The van der Waals surface area contributed by atoms with Gasteiger partial charge in [-0.1, -0.05) is 19.9 Å². The molecule has 1 aromatic carbocycles. The number of benzene rings is 1. The fraction of sp³-hybridized carbons (Fsp3) is 0.500. The van der Waals surface area contributed by atoms with Crippen LogP contribution in [0.1, 0.15) is 59.6 Å². The zero-order valence-corrected chi connectivity index (χ0v) is 22.2. The standard InChI is InChI=1S/C28H34N4O4S/c1-18(2)16-21(29-26(34)19-7-9-20(10-8-19)30-12-3-4-13-30)27(35)31-14-11-22-25(31)23(33)17-32(22)28(36)24-6-5-15-37-24/h5-10,15,18,21-22,25H,3-4,11-14,16-17H2,1-2H3,(H,29,34). The molecule has 3 aliphatic rings. The van der Waals surface area contributed by atoms with E-state index in [1.807, 2.05) is 37.4 Å². The molecule has 0 radical (unpaired) electrons. The highest BCUT2D eigenvalue weighted by Gasteiger charge is 2.52. The smallest absolute Gasteiger partial charge is 0.264 e. The second-order valence-electron chi connectivity index (χ2n) is 10.6. The number of thiophene rings is 1. The summed E-state index contributed by atoms with van der Waals surface area (Å²) in [5.74, 6) is -0.652. The quantitative estimate of drug-likeness (QED) is 0.603. The lowest BCUT2D eigenvalue weighted by atomic mass is 10.0. The topological polar surface area (TPSA) is 90.0 Å². The van der Waals surface area contributed by atoms with Crippen molar-refractivity contribution in [1.82, 2.24) is 15.1 Å². The van der Waals surface area contributed by atoms with Crippen LogP contribution in [0.15, 0.2) is 41.8 Å². The number of nitrogens with one attached hydrogen (secondary N) is 1. The molecular weight excluding hydrogens is 488 g/mol. The molecule has 1 aromatic heterocycles. The van der Waals surface area contributed by atoms with E-state index in [0.717, 1.165) is 18.8 Å². The first-order valence-corrected chi connectivity index (χ1v) is 14.0. The van der Waals surface area contributed by atoms with E-state index in [4.69, 9.17) is 0 Å². The molecule has 3 unspecified atom stereocenters. The Morgan fingerprint density at radius 2 is 1.76 bits per heavy atom. The van der Waals surface area contributed by atoms with Gasteiger partial charge in [-0.25, -0.2) is 0 Å². The molecule has 4 heterocycles. The summed E-state index contributed by atoms with van der Waals surface area (Å²) < 4.78 is 0. The summed E-state index contributed by atoms with van der Waals surface area (Å²) in [6.45, 7) is 6.48. The van der Waals surface area contributed by atoms with E-state index in [-0.39, 0.29) is 42.0 Å². The van der Waals surface area contributed by atoms with Crippen LogP contribution in [0.2, 0.25) is 0 Å². The molecule has 0 aliphatic carbocycles. The molecule has 3 fully saturated rings. The Morgan fingerprint density at radius 1 is 1.03 bits per heavy atom. The summed E-state index contributed by atoms with van der Waals surface area (Å²) in [6.07, 6.45) is 3.39. The Kier molecular flexibility index (Phi) is 7.33. The van der Waals surface area contributed by atoms with Crippen molar-refractivity contribution >= 4 is 40.5 Å². The number of nitrogens with zero attached hydrogens (tertiary/aromatic N) is 3. The number of carbonyl (C=O) groups is 4. The van der Waals surface area contributed by atoms with E-state index in [9.17, 15) is 19.2 Å². The average Bonchev–Trinajstić information content (AvgIpc) is 3.69. The van der Waals surface area contributed by atoms with Gasteiger partial charge in [-0.3, -0.25) is 19.2 Å². The van der Waals surface area contributed by atoms with Crippen LogP contribution in [-0.4, -0.2) is 77.6 Å². The molecule has 0 saturated carbocycles. The number of Topliss-reactive ketones (excluding diaryl/α,β-unsaturated/α-hetero) is 1. The number of hydrogen-bond donors (Lipinski definition) is 1. The number of ketones is 1. The van der Waals surface area contributed by atoms with E-state index >= 15 is 0 Å². The Morgan fingerprint density at radius 3 is 2.41 bits per heavy atom. The van der Waals surface area contributed by atoms with Crippen molar-refractivity contribution in [3.8, 4) is 0 Å². The minimum atomic E-state index is -0.737. The highest BCUT2D eigenvalue weighted by atomic mass is 32.1. The highest BCUT2D eigenvalue weighted by molar-refractivity contribution is 7.12. The Bertz CT molecular complexity index is 1160. The largest absolute Gasteiger partial charge is 0.372 e. The van der Waals surface area contributed by atoms with Crippen LogP contribution in [0, 0.1) is 5.92 Å². The first kappa shape index (κ1) is 25.4. The van der Waals surface area contributed by atoms with Gasteiger partial charge in [0, 0.05) is 30.9 Å². The second-order valence-corrected chi connectivity index (χ2v) is 11.6. The molecular formula is C28H34N4O4S. The van der Waals surface area contributed by atoms with E-state index in [2.05, 4.69) is 10.2 Å². The van der Waals surface area contributed by atoms with Crippen LogP contribution >= 0.6 is 11.3 Å². The number of carbonyl (C=O) groups excluding carboxylic acids is 4. The maximum Gasteiger partial charge on any atom is 0.264 e. The van der Waals surface area contributed by atoms with Gasteiger partial charge in [-0.2, -0.15) is 0 Å². The van der Waals surface area contributed by atoms with Crippen molar-refractivity contribution in [2.24, 2.45) is 5.92 Å². The first-order chi connectivity index (χ1) is 17.8. The minimum absolute atomic E-state index is 0.0143. The molecule has 9 heteroatoms. The van der Waals surface area contributed by atoms with Crippen molar-refractivity contribution in [2.75, 3.05) is 31.1 Å². The molecule has 3 saturated heterocycles. The Hall–Kier alpha value is -3.20. The van der Waals surface area contributed by atoms with Crippen molar-refractivity contribution in [1.29, 1.82) is 0 Å². The molecule has 0 bridgehead atoms. The summed E-state index contributed by atoms with van der Waals surface area (Å²) in [7, 11) is 0. The predicted molar refractivity (Wildman–Crippen MR) is 143 cm³/mol. The maximum atomic E-state index is 13.7. The van der Waals surface area contributed by atoms with E-state index in [1.54, 1.807) is 28.0 Å². The molecule has 3 amide bonds. The Labute approximate surface area is 221 Å². The molecule has 1 N–H and O–H groups in total. The lowest BCUT2D eigenvalue weighted by molar-refractivity contribution is -0.138. The zero-order valence-electron chi connectivity index (χ0n) is 21.4. The van der Waals surface area contributed by atoms with Gasteiger partial charge in [0.25, 0.3) is 11.8 Å². The van der Waals surface area contributed by atoms with Gasteiger partial charge in [-0.05, 0) is 67.3 Å². The molecule has 8 nitrogen and oxygen atoms in total. The summed E-state index contributed by atoms with van der Waals surface area (Å²) in [5, 5.41) is 4.79. The summed E-state index contributed by atoms with van der Waals surface area (Å²) >= 11 is 1.35. The average molecular weight is 523 g/mol. The number of anilines is 1. The van der Waals surface area contributed by atoms with Crippen molar-refractivity contribution in [2.45, 2.75) is 57.7 Å². The van der Waals surface area contributed by atoms with Gasteiger partial charge in [0.15, 0.2) is 5.78 Å². The maximum absolute atomic E-state index is 13.7. The van der Waals surface area contributed by atoms with Crippen LogP contribution in [0.3, 0.4) is 0 Å². The molecule has 196 valence electrons. The fourth-order valence-electron chi connectivity index (χ4n) is 5.81. The lowest BCUT2D eigenvalue weighted by Gasteiger charge is -2.29. The van der Waals surface area contributed by atoms with Gasteiger partial charge in [0.2, 0.25) is 5.91 Å². The van der Waals surface area contributed by atoms with Crippen LogP contribution < -0.4 is 10.2 Å². The third-order valence-electron chi connectivity index (χ3n) is 7.61. The molecule has 3 atom stereocenters. The van der Waals surface area contributed by atoms with Crippen LogP contribution in [0.25, 0.3) is 0 Å². The van der Waals surface area contributed by atoms with Gasteiger partial charge in [0.05, 0.1) is 17.5 Å². The number of amides is 3. The number of rotatable bonds is 7. The van der Waals surface area contributed by atoms with E-state index in [1.165, 1.54) is 24.2 Å². The third-order valence-corrected chi connectivity index (χ3v) is 8.47. The van der Waals surface area contributed by atoms with Crippen molar-refractivity contribution in [3.63, 3.8) is 0 Å². The second kappa shape index (κ2) is 10.7. The molecule has 0 spiro atoms. The van der Waals surface area contributed by atoms with E-state index < -0.39 is 12.1 Å². The third kappa shape index (κ3) is 5.14. The fourth-order valence-corrected chi connectivity index (χ4v) is 6.49. The first-order valence-electron chi connectivity index (χ1n) is 13.2. The molecule has 37 heavy (non-hydrogen) atoms. The van der Waals surface area contributed by atoms with E-state index in [0.29, 0.717) is 29.8 Å². The predicted octanol–water partition coefficient (Wildman–Crippen LogP) is 3.19. The van der Waals surface area contributed by atoms with Crippen LogP contribution in [0.4, 0.5) is 5.69 Å². The number of likely N-dealkylation sites (tertiary alicyclic amines) is 2. The molecule has 3 aliphatic heterocycles. The van der Waals surface area contributed by atoms with Gasteiger partial charge < -0.3 is 20.0 Å². The highest BCUT2D eigenvalue weighted by Crippen LogP contribution is 2.32. The van der Waals surface area contributed by atoms with Crippen LogP contribution in [-0.2, 0) is 9.59 Å². The van der Waals surface area contributed by atoms with Crippen LogP contribution in [0.5, 0.6) is 0 Å². The zero-order chi connectivity index (χ0) is 26.1. The molecule has 5 rings (SSSR count). The van der Waals surface area contributed by atoms with Gasteiger partial charge >= 0.3 is 0 Å².